The molecular formula is C20H19ClN4O2. The zero-order valence-corrected chi connectivity index (χ0v) is 15.4. The van der Waals surface area contributed by atoms with Crippen LogP contribution in [-0.4, -0.2) is 47.0 Å². The van der Waals surface area contributed by atoms with Gasteiger partial charge in [0.2, 0.25) is 0 Å². The molecule has 3 heterocycles. The molecule has 1 aromatic carbocycles. The Morgan fingerprint density at radius 1 is 1.26 bits per heavy atom. The van der Waals surface area contributed by atoms with E-state index in [0.29, 0.717) is 29.4 Å². The van der Waals surface area contributed by atoms with E-state index in [1.165, 1.54) is 0 Å². The van der Waals surface area contributed by atoms with E-state index >= 15 is 0 Å². The van der Waals surface area contributed by atoms with Gasteiger partial charge in [-0.1, -0.05) is 17.7 Å². The molecular weight excluding hydrogens is 364 g/mol. The number of carbonyl (C=O) groups excluding carboxylic acids is 1. The lowest BCUT2D eigenvalue weighted by atomic mass is 10.1. The molecule has 0 spiro atoms. The van der Waals surface area contributed by atoms with E-state index in [2.05, 4.69) is 15.3 Å². The average Bonchev–Trinajstić information content (AvgIpc) is 2.74. The van der Waals surface area contributed by atoms with Crippen LogP contribution in [0.1, 0.15) is 11.6 Å². The van der Waals surface area contributed by atoms with Crippen LogP contribution >= 0.6 is 11.6 Å². The van der Waals surface area contributed by atoms with E-state index < -0.39 is 0 Å². The molecule has 1 saturated heterocycles. The molecule has 7 heteroatoms. The SMILES string of the molecule is O=C(COc1ccc(Cl)c2cccnc12)N1CCNCC1c1cccnc1. The van der Waals surface area contributed by atoms with Gasteiger partial charge in [-0.2, -0.15) is 0 Å². The summed E-state index contributed by atoms with van der Waals surface area (Å²) in [6, 6.07) is 11.0. The number of fused-ring (bicyclic) bond motifs is 1. The molecule has 27 heavy (non-hydrogen) atoms. The van der Waals surface area contributed by atoms with Crippen molar-refractivity contribution in [2.45, 2.75) is 6.04 Å². The smallest absolute Gasteiger partial charge is 0.261 e. The number of piperazine rings is 1. The maximum Gasteiger partial charge on any atom is 0.261 e. The Kier molecular flexibility index (Phi) is 5.18. The number of benzene rings is 1. The Morgan fingerprint density at radius 3 is 3.00 bits per heavy atom. The quantitative estimate of drug-likeness (QED) is 0.751. The van der Waals surface area contributed by atoms with Crippen molar-refractivity contribution < 1.29 is 9.53 Å². The van der Waals surface area contributed by atoms with Crippen molar-refractivity contribution in [3.8, 4) is 5.75 Å². The van der Waals surface area contributed by atoms with Crippen LogP contribution in [0.3, 0.4) is 0 Å². The first-order valence-electron chi connectivity index (χ1n) is 8.80. The highest BCUT2D eigenvalue weighted by Crippen LogP contribution is 2.30. The van der Waals surface area contributed by atoms with E-state index in [9.17, 15) is 4.79 Å². The maximum atomic E-state index is 12.9. The summed E-state index contributed by atoms with van der Waals surface area (Å²) in [5, 5.41) is 4.75. The van der Waals surface area contributed by atoms with Gasteiger partial charge in [0.05, 0.1) is 11.1 Å². The van der Waals surface area contributed by atoms with Crippen LogP contribution in [-0.2, 0) is 4.79 Å². The van der Waals surface area contributed by atoms with Crippen molar-refractivity contribution in [3.05, 3.63) is 65.6 Å². The minimum absolute atomic E-state index is 0.0515. The number of hydrogen-bond acceptors (Lipinski definition) is 5. The Hall–Kier alpha value is -2.70. The summed E-state index contributed by atoms with van der Waals surface area (Å²) < 4.78 is 5.83. The molecule has 2 aromatic heterocycles. The molecule has 1 fully saturated rings. The van der Waals surface area contributed by atoms with Gasteiger partial charge in [-0.05, 0) is 35.9 Å². The fourth-order valence-electron chi connectivity index (χ4n) is 3.32. The molecule has 138 valence electrons. The van der Waals surface area contributed by atoms with Crippen molar-refractivity contribution in [3.63, 3.8) is 0 Å². The summed E-state index contributed by atoms with van der Waals surface area (Å²) in [7, 11) is 0. The van der Waals surface area contributed by atoms with Crippen LogP contribution in [0.4, 0.5) is 0 Å². The molecule has 1 amide bonds. The van der Waals surface area contributed by atoms with Gasteiger partial charge in [0.1, 0.15) is 11.3 Å². The predicted molar refractivity (Wildman–Crippen MR) is 104 cm³/mol. The summed E-state index contributed by atoms with van der Waals surface area (Å²) in [4.78, 5) is 23.2. The maximum absolute atomic E-state index is 12.9. The highest BCUT2D eigenvalue weighted by atomic mass is 35.5. The van der Waals surface area contributed by atoms with Gasteiger partial charge < -0.3 is 15.0 Å². The van der Waals surface area contributed by atoms with Crippen LogP contribution in [0.2, 0.25) is 5.02 Å². The van der Waals surface area contributed by atoms with Crippen molar-refractivity contribution in [1.29, 1.82) is 0 Å². The molecule has 1 aliphatic heterocycles. The molecule has 0 radical (unpaired) electrons. The molecule has 4 rings (SSSR count). The highest BCUT2D eigenvalue weighted by Gasteiger charge is 2.28. The zero-order valence-electron chi connectivity index (χ0n) is 14.6. The van der Waals surface area contributed by atoms with Gasteiger partial charge in [-0.3, -0.25) is 14.8 Å². The van der Waals surface area contributed by atoms with Crippen molar-refractivity contribution in [2.24, 2.45) is 0 Å². The Balaban J connectivity index is 1.51. The topological polar surface area (TPSA) is 67.3 Å². The highest BCUT2D eigenvalue weighted by molar-refractivity contribution is 6.35. The first-order chi connectivity index (χ1) is 13.2. The van der Waals surface area contributed by atoms with Crippen molar-refractivity contribution in [2.75, 3.05) is 26.2 Å². The van der Waals surface area contributed by atoms with Crippen molar-refractivity contribution >= 4 is 28.4 Å². The average molecular weight is 383 g/mol. The van der Waals surface area contributed by atoms with Crippen LogP contribution in [0, 0.1) is 0 Å². The zero-order chi connectivity index (χ0) is 18.6. The molecule has 6 nitrogen and oxygen atoms in total. The lowest BCUT2D eigenvalue weighted by Crippen LogP contribution is -2.50. The molecule has 1 atom stereocenters. The summed E-state index contributed by atoms with van der Waals surface area (Å²) in [5.74, 6) is 0.487. The number of hydrogen-bond donors (Lipinski definition) is 1. The standard InChI is InChI=1S/C20H19ClN4O2/c21-16-5-6-18(20-15(16)4-2-8-24-20)27-13-19(26)25-10-9-23-12-17(25)14-3-1-7-22-11-14/h1-8,11,17,23H,9-10,12-13H2. The first-order valence-corrected chi connectivity index (χ1v) is 9.18. The van der Waals surface area contributed by atoms with Gasteiger partial charge in [-0.15, -0.1) is 0 Å². The normalized spacial score (nSPS) is 17.1. The number of amides is 1. The van der Waals surface area contributed by atoms with Gasteiger partial charge in [-0.25, -0.2) is 0 Å². The summed E-state index contributed by atoms with van der Waals surface area (Å²) in [6.07, 6.45) is 5.21. The molecule has 0 bridgehead atoms. The van der Waals surface area contributed by atoms with E-state index in [1.54, 1.807) is 30.7 Å². The van der Waals surface area contributed by atoms with E-state index in [4.69, 9.17) is 16.3 Å². The summed E-state index contributed by atoms with van der Waals surface area (Å²) in [5.41, 5.74) is 1.67. The van der Waals surface area contributed by atoms with Crippen LogP contribution in [0.15, 0.2) is 55.0 Å². The molecule has 1 unspecified atom stereocenters. The third-order valence-corrected chi connectivity index (χ3v) is 4.99. The molecule has 1 aliphatic rings. The van der Waals surface area contributed by atoms with Gasteiger partial charge in [0.25, 0.3) is 5.91 Å². The Morgan fingerprint density at radius 2 is 2.15 bits per heavy atom. The fourth-order valence-corrected chi connectivity index (χ4v) is 3.54. The fraction of sp³-hybridized carbons (Fsp3) is 0.250. The number of carbonyl (C=O) groups is 1. The number of nitrogens with zero attached hydrogens (tertiary/aromatic N) is 3. The number of aromatic nitrogens is 2. The number of pyridine rings is 2. The first kappa shape index (κ1) is 17.7. The van der Waals surface area contributed by atoms with Crippen LogP contribution in [0.25, 0.3) is 10.9 Å². The lowest BCUT2D eigenvalue weighted by Gasteiger charge is -2.36. The van der Waals surface area contributed by atoms with Crippen molar-refractivity contribution in [1.82, 2.24) is 20.2 Å². The Labute approximate surface area is 162 Å². The second-order valence-electron chi connectivity index (χ2n) is 6.33. The van der Waals surface area contributed by atoms with Gasteiger partial charge in [0, 0.05) is 43.6 Å². The third-order valence-electron chi connectivity index (χ3n) is 4.66. The molecule has 0 saturated carbocycles. The molecule has 3 aromatic rings. The second-order valence-corrected chi connectivity index (χ2v) is 6.73. The summed E-state index contributed by atoms with van der Waals surface area (Å²) in [6.45, 7) is 2.03. The van der Waals surface area contributed by atoms with Crippen LogP contribution < -0.4 is 10.1 Å². The van der Waals surface area contributed by atoms with E-state index in [1.807, 2.05) is 29.2 Å². The van der Waals surface area contributed by atoms with Gasteiger partial charge in [0.15, 0.2) is 6.61 Å². The largest absolute Gasteiger partial charge is 0.481 e. The third kappa shape index (κ3) is 3.72. The minimum Gasteiger partial charge on any atom is -0.481 e. The molecule has 1 N–H and O–H groups in total. The Bertz CT molecular complexity index is 951. The predicted octanol–water partition coefficient (Wildman–Crippen LogP) is 2.84. The number of rotatable bonds is 4. The minimum atomic E-state index is -0.0654. The van der Waals surface area contributed by atoms with Crippen LogP contribution in [0.5, 0.6) is 5.75 Å². The second kappa shape index (κ2) is 7.90. The van der Waals surface area contributed by atoms with E-state index in [-0.39, 0.29) is 18.6 Å². The van der Waals surface area contributed by atoms with E-state index in [0.717, 1.165) is 17.5 Å². The lowest BCUT2D eigenvalue weighted by molar-refractivity contribution is -0.136. The van der Waals surface area contributed by atoms with Gasteiger partial charge >= 0.3 is 0 Å². The number of nitrogens with one attached hydrogen (secondary N) is 1. The number of halogens is 1. The summed E-state index contributed by atoms with van der Waals surface area (Å²) >= 11 is 6.22. The molecule has 0 aliphatic carbocycles. The number of ether oxygens (including phenoxy) is 1. The monoisotopic (exact) mass is 382 g/mol.